The topological polar surface area (TPSA) is 58.2 Å². The Balaban J connectivity index is 1.56. The average molecular weight is 375 g/mol. The summed E-state index contributed by atoms with van der Waals surface area (Å²) in [7, 11) is 0. The Morgan fingerprint density at radius 1 is 0.920 bits per heavy atom. The molecule has 0 radical (unpaired) electrons. The lowest BCUT2D eigenvalue weighted by molar-refractivity contribution is -0.117. The van der Waals surface area contributed by atoms with Crippen LogP contribution in [0.3, 0.4) is 0 Å². The maximum Gasteiger partial charge on any atom is 0.248 e. The summed E-state index contributed by atoms with van der Waals surface area (Å²) in [4.78, 5) is 23.7. The Labute approximate surface area is 155 Å². The number of hydrogen-bond donors (Lipinski definition) is 2. The first-order chi connectivity index (χ1) is 12.0. The first-order valence-electron chi connectivity index (χ1n) is 7.86. The van der Waals surface area contributed by atoms with Crippen LogP contribution in [0, 0.1) is 5.92 Å². The van der Waals surface area contributed by atoms with Gasteiger partial charge in [-0.3, -0.25) is 9.59 Å². The van der Waals surface area contributed by atoms with Crippen molar-refractivity contribution in [1.82, 2.24) is 0 Å². The van der Waals surface area contributed by atoms with Crippen LogP contribution in [-0.4, -0.2) is 11.8 Å². The Morgan fingerprint density at radius 3 is 2.04 bits per heavy atom. The molecule has 1 saturated carbocycles. The molecule has 0 atom stereocenters. The minimum absolute atomic E-state index is 0.0555. The van der Waals surface area contributed by atoms with Crippen LogP contribution in [0.25, 0.3) is 6.08 Å². The van der Waals surface area contributed by atoms with Gasteiger partial charge < -0.3 is 10.6 Å². The zero-order valence-corrected chi connectivity index (χ0v) is 14.8. The Hall–Kier alpha value is -2.30. The van der Waals surface area contributed by atoms with Gasteiger partial charge in [0, 0.05) is 33.4 Å². The molecular weight excluding hydrogens is 359 g/mol. The largest absolute Gasteiger partial charge is 0.326 e. The number of anilines is 2. The summed E-state index contributed by atoms with van der Waals surface area (Å²) in [5.41, 5.74) is 2.10. The van der Waals surface area contributed by atoms with Crippen molar-refractivity contribution in [1.29, 1.82) is 0 Å². The van der Waals surface area contributed by atoms with Crippen molar-refractivity contribution in [3.05, 3.63) is 64.1 Å². The lowest BCUT2D eigenvalue weighted by Gasteiger charge is -2.06. The summed E-state index contributed by atoms with van der Waals surface area (Å²) in [6, 6.07) is 12.1. The smallest absolute Gasteiger partial charge is 0.248 e. The number of carbonyl (C=O) groups is 2. The maximum absolute atomic E-state index is 12.0. The third-order valence-electron chi connectivity index (χ3n) is 3.68. The summed E-state index contributed by atoms with van der Waals surface area (Å²) < 4.78 is 0. The van der Waals surface area contributed by atoms with E-state index in [1.165, 1.54) is 6.08 Å². The second-order valence-electron chi connectivity index (χ2n) is 5.87. The molecular formula is C19H16Cl2N2O2. The standard InChI is InChI=1S/C19H16Cl2N2O2/c20-14-9-12(10-15(21)11-14)1-8-18(24)22-16-4-6-17(7-5-16)23-19(25)13-2-3-13/h1,4-11,13H,2-3H2,(H,22,24)(H,23,25)/b8-1+. The minimum atomic E-state index is -0.272. The van der Waals surface area contributed by atoms with Gasteiger partial charge in [0.1, 0.15) is 0 Å². The van der Waals surface area contributed by atoms with Crippen molar-refractivity contribution in [2.45, 2.75) is 12.8 Å². The van der Waals surface area contributed by atoms with Gasteiger partial charge >= 0.3 is 0 Å². The zero-order chi connectivity index (χ0) is 17.8. The number of halogens is 2. The van der Waals surface area contributed by atoms with Gasteiger partial charge in [-0.05, 0) is 66.9 Å². The third-order valence-corrected chi connectivity index (χ3v) is 4.12. The summed E-state index contributed by atoms with van der Waals surface area (Å²) >= 11 is 11.8. The molecule has 1 aliphatic rings. The van der Waals surface area contributed by atoms with E-state index in [4.69, 9.17) is 23.2 Å². The monoisotopic (exact) mass is 374 g/mol. The highest BCUT2D eigenvalue weighted by Gasteiger charge is 2.29. The van der Waals surface area contributed by atoms with Gasteiger partial charge in [0.25, 0.3) is 0 Å². The lowest BCUT2D eigenvalue weighted by atomic mass is 10.2. The van der Waals surface area contributed by atoms with E-state index in [9.17, 15) is 9.59 Å². The van der Waals surface area contributed by atoms with Gasteiger partial charge in [-0.2, -0.15) is 0 Å². The van der Waals surface area contributed by atoms with E-state index in [1.807, 2.05) is 0 Å². The fourth-order valence-electron chi connectivity index (χ4n) is 2.25. The SMILES string of the molecule is O=C(/C=C/c1cc(Cl)cc(Cl)c1)Nc1ccc(NC(=O)C2CC2)cc1. The van der Waals surface area contributed by atoms with Crippen LogP contribution in [0.4, 0.5) is 11.4 Å². The normalized spacial score (nSPS) is 13.7. The molecule has 0 saturated heterocycles. The molecule has 2 aromatic carbocycles. The first kappa shape index (κ1) is 17.5. The van der Waals surface area contributed by atoms with Crippen LogP contribution in [0.2, 0.25) is 10.0 Å². The molecule has 1 fully saturated rings. The first-order valence-corrected chi connectivity index (χ1v) is 8.61. The molecule has 0 spiro atoms. The van der Waals surface area contributed by atoms with Crippen molar-refractivity contribution in [2.24, 2.45) is 5.92 Å². The van der Waals surface area contributed by atoms with Crippen molar-refractivity contribution < 1.29 is 9.59 Å². The number of hydrogen-bond acceptors (Lipinski definition) is 2. The van der Waals surface area contributed by atoms with Crippen molar-refractivity contribution in [3.63, 3.8) is 0 Å². The molecule has 128 valence electrons. The lowest BCUT2D eigenvalue weighted by Crippen LogP contribution is -2.13. The van der Waals surface area contributed by atoms with Crippen LogP contribution >= 0.6 is 23.2 Å². The maximum atomic E-state index is 12.0. The molecule has 0 bridgehead atoms. The molecule has 0 aliphatic heterocycles. The highest BCUT2D eigenvalue weighted by molar-refractivity contribution is 6.34. The predicted octanol–water partition coefficient (Wildman–Crippen LogP) is 4.99. The molecule has 2 amide bonds. The molecule has 4 nitrogen and oxygen atoms in total. The van der Waals surface area contributed by atoms with Gasteiger partial charge in [0.15, 0.2) is 0 Å². The minimum Gasteiger partial charge on any atom is -0.326 e. The molecule has 2 aromatic rings. The molecule has 3 rings (SSSR count). The van der Waals surface area contributed by atoms with Gasteiger partial charge in [-0.15, -0.1) is 0 Å². The Morgan fingerprint density at radius 2 is 1.48 bits per heavy atom. The molecule has 0 unspecified atom stereocenters. The van der Waals surface area contributed by atoms with Crippen LogP contribution < -0.4 is 10.6 Å². The summed E-state index contributed by atoms with van der Waals surface area (Å²) in [6.07, 6.45) is 4.97. The average Bonchev–Trinajstić information content (AvgIpc) is 3.39. The van der Waals surface area contributed by atoms with E-state index in [2.05, 4.69) is 10.6 Å². The molecule has 1 aliphatic carbocycles. The molecule has 0 aromatic heterocycles. The van der Waals surface area contributed by atoms with Crippen LogP contribution in [0.1, 0.15) is 18.4 Å². The van der Waals surface area contributed by atoms with Crippen LogP contribution in [0.15, 0.2) is 48.5 Å². The van der Waals surface area contributed by atoms with Crippen LogP contribution in [-0.2, 0) is 9.59 Å². The van der Waals surface area contributed by atoms with Gasteiger partial charge in [0.2, 0.25) is 11.8 Å². The Bertz CT molecular complexity index is 808. The summed E-state index contributed by atoms with van der Waals surface area (Å²) in [5.74, 6) is -0.0599. The summed E-state index contributed by atoms with van der Waals surface area (Å²) in [6.45, 7) is 0. The number of amides is 2. The fourth-order valence-corrected chi connectivity index (χ4v) is 2.80. The second kappa shape index (κ2) is 7.72. The van der Waals surface area contributed by atoms with Gasteiger partial charge in [-0.25, -0.2) is 0 Å². The van der Waals surface area contributed by atoms with Gasteiger partial charge in [-0.1, -0.05) is 23.2 Å². The molecule has 2 N–H and O–H groups in total. The number of rotatable bonds is 5. The van der Waals surface area contributed by atoms with Crippen molar-refractivity contribution in [3.8, 4) is 0 Å². The van der Waals surface area contributed by atoms with Gasteiger partial charge in [0.05, 0.1) is 0 Å². The fraction of sp³-hybridized carbons (Fsp3) is 0.158. The van der Waals surface area contributed by atoms with Crippen LogP contribution in [0.5, 0.6) is 0 Å². The molecule has 25 heavy (non-hydrogen) atoms. The van der Waals surface area contributed by atoms with Crippen molar-refractivity contribution >= 4 is 52.5 Å². The highest BCUT2D eigenvalue weighted by Crippen LogP contribution is 2.30. The second-order valence-corrected chi connectivity index (χ2v) is 6.74. The third kappa shape index (κ3) is 5.34. The zero-order valence-electron chi connectivity index (χ0n) is 13.3. The van der Waals surface area contributed by atoms with E-state index in [0.29, 0.717) is 15.7 Å². The number of nitrogens with one attached hydrogen (secondary N) is 2. The van der Waals surface area contributed by atoms with Crippen molar-refractivity contribution in [2.75, 3.05) is 10.6 Å². The quantitative estimate of drug-likeness (QED) is 0.723. The van der Waals surface area contributed by atoms with E-state index in [1.54, 1.807) is 48.5 Å². The highest BCUT2D eigenvalue weighted by atomic mass is 35.5. The predicted molar refractivity (Wildman–Crippen MR) is 102 cm³/mol. The molecule has 0 heterocycles. The van der Waals surface area contributed by atoms with E-state index >= 15 is 0 Å². The Kier molecular flexibility index (Phi) is 5.41. The number of benzene rings is 2. The number of carbonyl (C=O) groups excluding carboxylic acids is 2. The molecule has 6 heteroatoms. The van der Waals surface area contributed by atoms with E-state index in [-0.39, 0.29) is 17.7 Å². The van der Waals surface area contributed by atoms with E-state index in [0.717, 1.165) is 24.1 Å². The summed E-state index contributed by atoms with van der Waals surface area (Å²) in [5, 5.41) is 6.62. The van der Waals surface area contributed by atoms with E-state index < -0.39 is 0 Å².